The fourth-order valence-corrected chi connectivity index (χ4v) is 3.27. The number of para-hydroxylation sites is 1. The molecule has 1 saturated carbocycles. The molecule has 2 heterocycles. The van der Waals surface area contributed by atoms with Gasteiger partial charge >= 0.3 is 0 Å². The van der Waals surface area contributed by atoms with Crippen molar-refractivity contribution in [3.63, 3.8) is 0 Å². The number of piperazine rings is 1. The normalized spacial score (nSPS) is 17.9. The summed E-state index contributed by atoms with van der Waals surface area (Å²) >= 11 is 0. The van der Waals surface area contributed by atoms with Crippen LogP contribution in [0.2, 0.25) is 0 Å². The van der Waals surface area contributed by atoms with Crippen LogP contribution in [0, 0.1) is 5.92 Å². The molecule has 1 amide bonds. The van der Waals surface area contributed by atoms with E-state index in [1.165, 1.54) is 5.69 Å². The summed E-state index contributed by atoms with van der Waals surface area (Å²) in [5.74, 6) is 0.999. The van der Waals surface area contributed by atoms with Crippen molar-refractivity contribution < 1.29 is 4.79 Å². The fraction of sp³-hybridized carbons (Fsp3) is 0.421. The number of carbonyl (C=O) groups is 1. The van der Waals surface area contributed by atoms with Crippen LogP contribution in [-0.4, -0.2) is 42.1 Å². The maximum Gasteiger partial charge on any atom is 0.227 e. The van der Waals surface area contributed by atoms with Gasteiger partial charge in [-0.1, -0.05) is 24.6 Å². The third kappa shape index (κ3) is 3.57. The highest BCUT2D eigenvalue weighted by atomic mass is 16.1. The second kappa shape index (κ2) is 7.09. The third-order valence-corrected chi connectivity index (χ3v) is 5.07. The van der Waals surface area contributed by atoms with Gasteiger partial charge in [-0.25, -0.2) is 9.97 Å². The van der Waals surface area contributed by atoms with Crippen LogP contribution >= 0.6 is 0 Å². The molecule has 1 aliphatic carbocycles. The minimum Gasteiger partial charge on any atom is -0.368 e. The number of anilines is 3. The molecule has 1 saturated heterocycles. The summed E-state index contributed by atoms with van der Waals surface area (Å²) in [6.45, 7) is 3.69. The topological polar surface area (TPSA) is 61.4 Å². The summed E-state index contributed by atoms with van der Waals surface area (Å²) in [5.41, 5.74) is 1.95. The Labute approximate surface area is 147 Å². The fourth-order valence-electron chi connectivity index (χ4n) is 3.27. The summed E-state index contributed by atoms with van der Waals surface area (Å²) in [7, 11) is 0. The highest BCUT2D eigenvalue weighted by Crippen LogP contribution is 2.27. The van der Waals surface area contributed by atoms with Crippen molar-refractivity contribution in [2.24, 2.45) is 5.92 Å². The van der Waals surface area contributed by atoms with E-state index in [-0.39, 0.29) is 11.8 Å². The molecular weight excluding hydrogens is 314 g/mol. The SMILES string of the molecule is O=C(Nc1cnc(N2CCN(c3ccccc3)CC2)nc1)C1CCC1. The molecule has 1 aliphatic heterocycles. The number of carbonyl (C=O) groups excluding carboxylic acids is 1. The molecule has 25 heavy (non-hydrogen) atoms. The maximum atomic E-state index is 12.0. The van der Waals surface area contributed by atoms with Crippen LogP contribution in [0.3, 0.4) is 0 Å². The van der Waals surface area contributed by atoms with Gasteiger partial charge in [0.2, 0.25) is 11.9 Å². The first-order valence-electron chi connectivity index (χ1n) is 8.97. The maximum absolute atomic E-state index is 12.0. The molecule has 1 aromatic heterocycles. The summed E-state index contributed by atoms with van der Waals surface area (Å²) in [6, 6.07) is 10.5. The molecular formula is C19H23N5O. The van der Waals surface area contributed by atoms with E-state index in [1.54, 1.807) is 12.4 Å². The average Bonchev–Trinajstić information content (AvgIpc) is 2.62. The molecule has 4 rings (SSSR count). The van der Waals surface area contributed by atoms with Gasteiger partial charge in [-0.05, 0) is 25.0 Å². The first kappa shape index (κ1) is 15.9. The molecule has 1 N–H and O–H groups in total. The van der Waals surface area contributed by atoms with E-state index < -0.39 is 0 Å². The van der Waals surface area contributed by atoms with Crippen molar-refractivity contribution in [1.82, 2.24) is 9.97 Å². The zero-order valence-electron chi connectivity index (χ0n) is 14.3. The number of nitrogens with one attached hydrogen (secondary N) is 1. The summed E-state index contributed by atoms with van der Waals surface area (Å²) < 4.78 is 0. The molecule has 130 valence electrons. The second-order valence-electron chi connectivity index (χ2n) is 6.70. The van der Waals surface area contributed by atoms with Crippen molar-refractivity contribution in [2.75, 3.05) is 41.3 Å². The minimum atomic E-state index is 0.0964. The average molecular weight is 337 g/mol. The monoisotopic (exact) mass is 337 g/mol. The Kier molecular flexibility index (Phi) is 4.50. The molecule has 6 nitrogen and oxygen atoms in total. The first-order valence-corrected chi connectivity index (χ1v) is 8.97. The Balaban J connectivity index is 1.33. The number of rotatable bonds is 4. The van der Waals surface area contributed by atoms with Crippen molar-refractivity contribution >= 4 is 23.2 Å². The van der Waals surface area contributed by atoms with Gasteiger partial charge in [-0.3, -0.25) is 4.79 Å². The number of nitrogens with zero attached hydrogens (tertiary/aromatic N) is 4. The molecule has 6 heteroatoms. The quantitative estimate of drug-likeness (QED) is 0.929. The van der Waals surface area contributed by atoms with Gasteiger partial charge in [0, 0.05) is 37.8 Å². The lowest BCUT2D eigenvalue weighted by Gasteiger charge is -2.36. The molecule has 2 fully saturated rings. The Hall–Kier alpha value is -2.63. The van der Waals surface area contributed by atoms with Crippen LogP contribution in [0.5, 0.6) is 0 Å². The van der Waals surface area contributed by atoms with Gasteiger partial charge in [0.05, 0.1) is 18.1 Å². The summed E-state index contributed by atoms with van der Waals surface area (Å²) in [4.78, 5) is 25.4. The number of aromatic nitrogens is 2. The molecule has 0 unspecified atom stereocenters. The van der Waals surface area contributed by atoms with Gasteiger partial charge in [-0.2, -0.15) is 0 Å². The molecule has 0 bridgehead atoms. The number of benzene rings is 1. The van der Waals surface area contributed by atoms with Gasteiger partial charge < -0.3 is 15.1 Å². The molecule has 1 aromatic carbocycles. The van der Waals surface area contributed by atoms with Crippen molar-refractivity contribution in [3.05, 3.63) is 42.7 Å². The first-order chi connectivity index (χ1) is 12.3. The highest BCUT2D eigenvalue weighted by Gasteiger charge is 2.25. The van der Waals surface area contributed by atoms with Crippen LogP contribution in [-0.2, 0) is 4.79 Å². The zero-order valence-corrected chi connectivity index (χ0v) is 14.3. The lowest BCUT2D eigenvalue weighted by molar-refractivity contribution is -0.122. The van der Waals surface area contributed by atoms with Crippen LogP contribution < -0.4 is 15.1 Å². The van der Waals surface area contributed by atoms with E-state index in [1.807, 2.05) is 6.07 Å². The van der Waals surface area contributed by atoms with E-state index in [2.05, 4.69) is 49.4 Å². The van der Waals surface area contributed by atoms with Gasteiger partial charge in [0.1, 0.15) is 0 Å². The van der Waals surface area contributed by atoms with E-state index in [0.29, 0.717) is 5.69 Å². The van der Waals surface area contributed by atoms with E-state index in [4.69, 9.17) is 0 Å². The van der Waals surface area contributed by atoms with Gasteiger partial charge in [-0.15, -0.1) is 0 Å². The lowest BCUT2D eigenvalue weighted by Crippen LogP contribution is -2.47. The largest absolute Gasteiger partial charge is 0.368 e. The van der Waals surface area contributed by atoms with E-state index in [9.17, 15) is 4.79 Å². The zero-order chi connectivity index (χ0) is 17.1. The number of hydrogen-bond donors (Lipinski definition) is 1. The smallest absolute Gasteiger partial charge is 0.227 e. The van der Waals surface area contributed by atoms with E-state index in [0.717, 1.165) is 51.4 Å². The van der Waals surface area contributed by atoms with Gasteiger partial charge in [0.15, 0.2) is 0 Å². The Morgan fingerprint density at radius 2 is 1.60 bits per heavy atom. The second-order valence-corrected chi connectivity index (χ2v) is 6.70. The third-order valence-electron chi connectivity index (χ3n) is 5.07. The Morgan fingerprint density at radius 3 is 2.20 bits per heavy atom. The van der Waals surface area contributed by atoms with Crippen LogP contribution in [0.25, 0.3) is 0 Å². The highest BCUT2D eigenvalue weighted by molar-refractivity contribution is 5.92. The number of amides is 1. The molecule has 0 radical (unpaired) electrons. The number of hydrogen-bond acceptors (Lipinski definition) is 5. The van der Waals surface area contributed by atoms with Crippen LogP contribution in [0.1, 0.15) is 19.3 Å². The van der Waals surface area contributed by atoms with Crippen molar-refractivity contribution in [3.8, 4) is 0 Å². The molecule has 2 aromatic rings. The van der Waals surface area contributed by atoms with E-state index >= 15 is 0 Å². The van der Waals surface area contributed by atoms with Crippen LogP contribution in [0.15, 0.2) is 42.7 Å². The predicted molar refractivity (Wildman–Crippen MR) is 98.9 cm³/mol. The van der Waals surface area contributed by atoms with Gasteiger partial charge in [0.25, 0.3) is 0 Å². The van der Waals surface area contributed by atoms with Crippen molar-refractivity contribution in [1.29, 1.82) is 0 Å². The minimum absolute atomic E-state index is 0.0964. The Morgan fingerprint density at radius 1 is 0.960 bits per heavy atom. The lowest BCUT2D eigenvalue weighted by atomic mass is 9.85. The standard InChI is InChI=1S/C19H23N5O/c25-18(15-5-4-6-15)22-16-13-20-19(21-14-16)24-11-9-23(10-12-24)17-7-2-1-3-8-17/h1-3,7-8,13-15H,4-6,9-12H2,(H,22,25). The molecule has 0 atom stereocenters. The summed E-state index contributed by atoms with van der Waals surface area (Å²) in [5, 5.41) is 2.91. The van der Waals surface area contributed by atoms with Crippen LogP contribution in [0.4, 0.5) is 17.3 Å². The molecule has 0 spiro atoms. The Bertz CT molecular complexity index is 706. The predicted octanol–water partition coefficient (Wildman–Crippen LogP) is 2.54. The van der Waals surface area contributed by atoms with Crippen molar-refractivity contribution in [2.45, 2.75) is 19.3 Å². The molecule has 2 aliphatic rings. The summed E-state index contributed by atoms with van der Waals surface area (Å²) in [6.07, 6.45) is 6.57.